The Bertz CT molecular complexity index is 698. The number of hydrogen-bond acceptors (Lipinski definition) is 3. The molecule has 3 aromatic rings. The van der Waals surface area contributed by atoms with Crippen molar-refractivity contribution in [3.05, 3.63) is 42.5 Å². The number of nitrogens with one attached hydrogen (secondary N) is 3. The van der Waals surface area contributed by atoms with Crippen molar-refractivity contribution in [2.75, 3.05) is 24.7 Å². The van der Waals surface area contributed by atoms with E-state index in [1.54, 1.807) is 0 Å². The Morgan fingerprint density at radius 2 is 1.58 bits per heavy atom. The normalized spacial score (nSPS) is 10.6. The Morgan fingerprint density at radius 3 is 2.26 bits per heavy atom. The third kappa shape index (κ3) is 2.12. The molecular weight excluding hydrogens is 236 g/mol. The molecule has 3 rings (SSSR count). The van der Waals surface area contributed by atoms with E-state index in [4.69, 9.17) is 0 Å². The van der Waals surface area contributed by atoms with Crippen molar-refractivity contribution in [3.63, 3.8) is 0 Å². The van der Waals surface area contributed by atoms with Gasteiger partial charge in [0.05, 0.1) is 11.0 Å². The summed E-state index contributed by atoms with van der Waals surface area (Å²) in [6.45, 7) is 0. The summed E-state index contributed by atoms with van der Waals surface area (Å²) in [5.41, 5.74) is 5.26. The molecule has 0 atom stereocenters. The molecule has 2 aromatic carbocycles. The molecule has 0 aliphatic heterocycles. The van der Waals surface area contributed by atoms with Crippen molar-refractivity contribution in [2.45, 2.75) is 0 Å². The van der Waals surface area contributed by atoms with Crippen molar-refractivity contribution in [3.8, 4) is 11.4 Å². The maximum absolute atomic E-state index is 4.63. The molecule has 4 nitrogen and oxygen atoms in total. The highest BCUT2D eigenvalue weighted by Crippen LogP contribution is 2.23. The number of fused-ring (bicyclic) bond motifs is 1. The topological polar surface area (TPSA) is 52.7 Å². The van der Waals surface area contributed by atoms with E-state index in [2.05, 4.69) is 32.7 Å². The second-order valence-electron chi connectivity index (χ2n) is 4.39. The summed E-state index contributed by atoms with van der Waals surface area (Å²) in [7, 11) is 3.82. The van der Waals surface area contributed by atoms with Gasteiger partial charge in [-0.05, 0) is 42.5 Å². The number of aromatic amines is 1. The Kier molecular flexibility index (Phi) is 2.83. The first-order valence-corrected chi connectivity index (χ1v) is 6.26. The van der Waals surface area contributed by atoms with Crippen LogP contribution in [0.1, 0.15) is 0 Å². The van der Waals surface area contributed by atoms with Gasteiger partial charge in [0, 0.05) is 31.0 Å². The lowest BCUT2D eigenvalue weighted by Gasteiger charge is -2.00. The maximum Gasteiger partial charge on any atom is 0.138 e. The first-order chi connectivity index (χ1) is 9.30. The van der Waals surface area contributed by atoms with Gasteiger partial charge < -0.3 is 15.6 Å². The van der Waals surface area contributed by atoms with Crippen molar-refractivity contribution in [2.24, 2.45) is 0 Å². The van der Waals surface area contributed by atoms with Crippen molar-refractivity contribution >= 4 is 22.4 Å². The smallest absolute Gasteiger partial charge is 0.138 e. The molecule has 0 radical (unpaired) electrons. The molecule has 3 N–H and O–H groups in total. The van der Waals surface area contributed by atoms with Crippen LogP contribution in [0.25, 0.3) is 22.4 Å². The molecule has 0 fully saturated rings. The van der Waals surface area contributed by atoms with E-state index in [0.717, 1.165) is 33.8 Å². The van der Waals surface area contributed by atoms with Crippen LogP contribution in [0.5, 0.6) is 0 Å². The number of benzene rings is 2. The zero-order chi connectivity index (χ0) is 13.2. The lowest BCUT2D eigenvalue weighted by molar-refractivity contribution is 1.33. The first-order valence-electron chi connectivity index (χ1n) is 6.26. The number of H-pyrrole nitrogens is 1. The molecule has 4 heteroatoms. The Balaban J connectivity index is 2.04. The summed E-state index contributed by atoms with van der Waals surface area (Å²) in [4.78, 5) is 7.97. The Labute approximate surface area is 111 Å². The van der Waals surface area contributed by atoms with Gasteiger partial charge in [0.15, 0.2) is 0 Å². The molecule has 1 aromatic heterocycles. The lowest BCUT2D eigenvalue weighted by atomic mass is 10.2. The fourth-order valence-corrected chi connectivity index (χ4v) is 2.09. The number of aromatic nitrogens is 2. The lowest BCUT2D eigenvalue weighted by Crippen LogP contribution is -1.87. The van der Waals surface area contributed by atoms with E-state index in [1.807, 2.05) is 44.4 Å². The molecule has 0 unspecified atom stereocenters. The largest absolute Gasteiger partial charge is 0.388 e. The summed E-state index contributed by atoms with van der Waals surface area (Å²) in [5, 5.41) is 6.23. The predicted molar refractivity (Wildman–Crippen MR) is 80.6 cm³/mol. The average Bonchev–Trinajstić information content (AvgIpc) is 2.90. The highest BCUT2D eigenvalue weighted by atomic mass is 14.9. The van der Waals surface area contributed by atoms with Gasteiger partial charge in [0.1, 0.15) is 5.82 Å². The monoisotopic (exact) mass is 252 g/mol. The molecule has 96 valence electrons. The number of rotatable bonds is 3. The van der Waals surface area contributed by atoms with Gasteiger partial charge in [-0.1, -0.05) is 0 Å². The summed E-state index contributed by atoms with van der Waals surface area (Å²) in [6.07, 6.45) is 0. The predicted octanol–water partition coefficient (Wildman–Crippen LogP) is 3.31. The van der Waals surface area contributed by atoms with Crippen LogP contribution in [0.2, 0.25) is 0 Å². The van der Waals surface area contributed by atoms with Gasteiger partial charge in [-0.15, -0.1) is 0 Å². The summed E-state index contributed by atoms with van der Waals surface area (Å²) >= 11 is 0. The van der Waals surface area contributed by atoms with E-state index in [9.17, 15) is 0 Å². The molecule has 19 heavy (non-hydrogen) atoms. The molecule has 1 heterocycles. The highest BCUT2D eigenvalue weighted by Gasteiger charge is 2.05. The van der Waals surface area contributed by atoms with Crippen LogP contribution in [-0.4, -0.2) is 24.1 Å². The van der Waals surface area contributed by atoms with Crippen LogP contribution in [0.15, 0.2) is 42.5 Å². The van der Waals surface area contributed by atoms with Gasteiger partial charge >= 0.3 is 0 Å². The molecule has 0 bridgehead atoms. The highest BCUT2D eigenvalue weighted by molar-refractivity contribution is 5.82. The molecule has 0 spiro atoms. The van der Waals surface area contributed by atoms with Gasteiger partial charge in [-0.2, -0.15) is 0 Å². The van der Waals surface area contributed by atoms with Crippen LogP contribution < -0.4 is 10.6 Å². The molecule has 0 saturated carbocycles. The molecule has 0 saturated heterocycles. The van der Waals surface area contributed by atoms with Gasteiger partial charge in [-0.25, -0.2) is 4.98 Å². The summed E-state index contributed by atoms with van der Waals surface area (Å²) in [5.74, 6) is 0.894. The van der Waals surface area contributed by atoms with Crippen LogP contribution in [-0.2, 0) is 0 Å². The van der Waals surface area contributed by atoms with E-state index < -0.39 is 0 Å². The molecule has 0 amide bonds. The number of anilines is 2. The standard InChI is InChI=1S/C15H16N4/c1-16-11-5-3-10(4-6-11)15-18-13-8-7-12(17-2)9-14(13)19-15/h3-9,16-17H,1-2H3,(H,18,19). The van der Waals surface area contributed by atoms with E-state index in [1.165, 1.54) is 0 Å². The van der Waals surface area contributed by atoms with E-state index in [-0.39, 0.29) is 0 Å². The third-order valence-electron chi connectivity index (χ3n) is 3.22. The minimum atomic E-state index is 0.894. The van der Waals surface area contributed by atoms with E-state index in [0.29, 0.717) is 0 Å². The fourth-order valence-electron chi connectivity index (χ4n) is 2.09. The third-order valence-corrected chi connectivity index (χ3v) is 3.22. The van der Waals surface area contributed by atoms with Gasteiger partial charge in [0.25, 0.3) is 0 Å². The molecule has 0 aliphatic carbocycles. The number of hydrogen-bond donors (Lipinski definition) is 3. The van der Waals surface area contributed by atoms with Crippen LogP contribution >= 0.6 is 0 Å². The van der Waals surface area contributed by atoms with Gasteiger partial charge in [0.2, 0.25) is 0 Å². The zero-order valence-corrected chi connectivity index (χ0v) is 11.0. The first kappa shape index (κ1) is 11.6. The Hall–Kier alpha value is -2.49. The maximum atomic E-state index is 4.63. The zero-order valence-electron chi connectivity index (χ0n) is 11.0. The fraction of sp³-hybridized carbons (Fsp3) is 0.133. The molecular formula is C15H16N4. The van der Waals surface area contributed by atoms with Gasteiger partial charge in [-0.3, -0.25) is 0 Å². The quantitative estimate of drug-likeness (QED) is 0.670. The number of imidazole rings is 1. The molecule has 0 aliphatic rings. The minimum absolute atomic E-state index is 0.894. The summed E-state index contributed by atoms with van der Waals surface area (Å²) < 4.78 is 0. The van der Waals surface area contributed by atoms with Crippen molar-refractivity contribution < 1.29 is 0 Å². The van der Waals surface area contributed by atoms with Crippen LogP contribution in [0, 0.1) is 0 Å². The Morgan fingerprint density at radius 1 is 0.895 bits per heavy atom. The van der Waals surface area contributed by atoms with Crippen molar-refractivity contribution in [1.29, 1.82) is 0 Å². The van der Waals surface area contributed by atoms with E-state index >= 15 is 0 Å². The second-order valence-corrected chi connectivity index (χ2v) is 4.39. The second kappa shape index (κ2) is 4.65. The van der Waals surface area contributed by atoms with Crippen LogP contribution in [0.3, 0.4) is 0 Å². The average molecular weight is 252 g/mol. The van der Waals surface area contributed by atoms with Crippen molar-refractivity contribution in [1.82, 2.24) is 9.97 Å². The number of nitrogens with zero attached hydrogens (tertiary/aromatic N) is 1. The minimum Gasteiger partial charge on any atom is -0.388 e. The SMILES string of the molecule is CNc1ccc(-c2nc3cc(NC)ccc3[nH]2)cc1. The van der Waals surface area contributed by atoms with Crippen LogP contribution in [0.4, 0.5) is 11.4 Å². The summed E-state index contributed by atoms with van der Waals surface area (Å²) in [6, 6.07) is 14.3.